The monoisotopic (exact) mass is 411 g/mol. The van der Waals surface area contributed by atoms with Crippen molar-refractivity contribution < 1.29 is 9.59 Å². The molecule has 27 heavy (non-hydrogen) atoms. The SMILES string of the molecule is Cl.N[C@@H]1CCN(C(=O)C2CC3CCCCC3N2C(=O)c2ccc(Cl)cc2)C1. The zero-order valence-electron chi connectivity index (χ0n) is 15.4. The highest BCUT2D eigenvalue weighted by molar-refractivity contribution is 6.30. The Hall–Kier alpha value is -1.30. The third-order valence-corrected chi connectivity index (χ3v) is 6.49. The van der Waals surface area contributed by atoms with Gasteiger partial charge in [-0.2, -0.15) is 0 Å². The molecule has 2 N–H and O–H groups in total. The number of fused-ring (bicyclic) bond motifs is 1. The molecule has 4 rings (SSSR count). The minimum absolute atomic E-state index is 0. The predicted octanol–water partition coefficient (Wildman–Crippen LogP) is 3.09. The third-order valence-electron chi connectivity index (χ3n) is 6.24. The number of nitrogens with two attached hydrogens (primary N) is 1. The molecule has 3 fully saturated rings. The van der Waals surface area contributed by atoms with Gasteiger partial charge < -0.3 is 15.5 Å². The van der Waals surface area contributed by atoms with E-state index in [4.69, 9.17) is 17.3 Å². The van der Waals surface area contributed by atoms with Crippen LogP contribution < -0.4 is 5.73 Å². The summed E-state index contributed by atoms with van der Waals surface area (Å²) >= 11 is 5.97. The van der Waals surface area contributed by atoms with Crippen molar-refractivity contribution in [3.05, 3.63) is 34.9 Å². The fraction of sp³-hybridized carbons (Fsp3) is 0.600. The van der Waals surface area contributed by atoms with Gasteiger partial charge in [0, 0.05) is 35.8 Å². The van der Waals surface area contributed by atoms with Gasteiger partial charge in [-0.05, 0) is 55.9 Å². The summed E-state index contributed by atoms with van der Waals surface area (Å²) in [5.41, 5.74) is 6.60. The smallest absolute Gasteiger partial charge is 0.254 e. The van der Waals surface area contributed by atoms with E-state index in [9.17, 15) is 9.59 Å². The first kappa shape index (κ1) is 20.4. The van der Waals surface area contributed by atoms with Crippen molar-refractivity contribution in [3.8, 4) is 0 Å². The molecule has 4 atom stereocenters. The van der Waals surface area contributed by atoms with Gasteiger partial charge in [0.2, 0.25) is 5.91 Å². The summed E-state index contributed by atoms with van der Waals surface area (Å²) in [4.78, 5) is 30.2. The van der Waals surface area contributed by atoms with Gasteiger partial charge in [0.15, 0.2) is 0 Å². The van der Waals surface area contributed by atoms with Crippen LogP contribution in [0.3, 0.4) is 0 Å². The summed E-state index contributed by atoms with van der Waals surface area (Å²) in [5.74, 6) is 0.470. The van der Waals surface area contributed by atoms with Gasteiger partial charge in [0.1, 0.15) is 6.04 Å². The quantitative estimate of drug-likeness (QED) is 0.812. The summed E-state index contributed by atoms with van der Waals surface area (Å²) in [6.07, 6.45) is 6.05. The average Bonchev–Trinajstić information content (AvgIpc) is 3.25. The largest absolute Gasteiger partial charge is 0.339 e. The topological polar surface area (TPSA) is 66.6 Å². The molecular formula is C20H27Cl2N3O2. The summed E-state index contributed by atoms with van der Waals surface area (Å²) in [7, 11) is 0. The minimum Gasteiger partial charge on any atom is -0.339 e. The van der Waals surface area contributed by atoms with Crippen LogP contribution in [0.4, 0.5) is 0 Å². The molecule has 2 heterocycles. The van der Waals surface area contributed by atoms with Crippen LogP contribution in [0.1, 0.15) is 48.9 Å². The average molecular weight is 412 g/mol. The first-order valence-corrected chi connectivity index (χ1v) is 10.0. The van der Waals surface area contributed by atoms with E-state index in [2.05, 4.69) is 0 Å². The van der Waals surface area contributed by atoms with Crippen LogP contribution in [-0.2, 0) is 4.79 Å². The van der Waals surface area contributed by atoms with Crippen molar-refractivity contribution in [3.63, 3.8) is 0 Å². The maximum Gasteiger partial charge on any atom is 0.254 e. The van der Waals surface area contributed by atoms with Crippen molar-refractivity contribution >= 4 is 35.8 Å². The number of halogens is 2. The van der Waals surface area contributed by atoms with Gasteiger partial charge in [-0.15, -0.1) is 12.4 Å². The van der Waals surface area contributed by atoms with Gasteiger partial charge in [-0.25, -0.2) is 0 Å². The normalized spacial score (nSPS) is 30.0. The Morgan fingerprint density at radius 2 is 1.78 bits per heavy atom. The first-order chi connectivity index (χ1) is 12.5. The van der Waals surface area contributed by atoms with Crippen LogP contribution in [0.15, 0.2) is 24.3 Å². The highest BCUT2D eigenvalue weighted by Gasteiger charge is 2.49. The molecule has 2 saturated heterocycles. The van der Waals surface area contributed by atoms with E-state index in [1.54, 1.807) is 24.3 Å². The molecule has 2 amide bonds. The van der Waals surface area contributed by atoms with Crippen molar-refractivity contribution in [2.75, 3.05) is 13.1 Å². The van der Waals surface area contributed by atoms with E-state index in [1.807, 2.05) is 9.80 Å². The molecule has 0 bridgehead atoms. The number of rotatable bonds is 2. The van der Waals surface area contributed by atoms with Gasteiger partial charge in [-0.1, -0.05) is 24.4 Å². The number of amides is 2. The summed E-state index contributed by atoms with van der Waals surface area (Å²) < 4.78 is 0. The van der Waals surface area contributed by atoms with E-state index in [0.717, 1.165) is 32.1 Å². The van der Waals surface area contributed by atoms with Crippen LogP contribution >= 0.6 is 24.0 Å². The zero-order chi connectivity index (χ0) is 18.3. The Morgan fingerprint density at radius 3 is 2.44 bits per heavy atom. The second-order valence-corrected chi connectivity index (χ2v) is 8.35. The van der Waals surface area contributed by atoms with Gasteiger partial charge in [-0.3, -0.25) is 9.59 Å². The molecule has 5 nitrogen and oxygen atoms in total. The second-order valence-electron chi connectivity index (χ2n) is 7.92. The van der Waals surface area contributed by atoms with Crippen molar-refractivity contribution in [1.82, 2.24) is 9.80 Å². The predicted molar refractivity (Wildman–Crippen MR) is 108 cm³/mol. The number of carbonyl (C=O) groups excluding carboxylic acids is 2. The number of hydrogen-bond donors (Lipinski definition) is 1. The molecule has 1 aliphatic carbocycles. The summed E-state index contributed by atoms with van der Waals surface area (Å²) in [5, 5.41) is 0.609. The molecule has 1 aromatic carbocycles. The first-order valence-electron chi connectivity index (χ1n) is 9.67. The fourth-order valence-corrected chi connectivity index (χ4v) is 5.04. The third kappa shape index (κ3) is 3.96. The van der Waals surface area contributed by atoms with E-state index in [1.165, 1.54) is 6.42 Å². The lowest BCUT2D eigenvalue weighted by atomic mass is 9.84. The number of carbonyl (C=O) groups is 2. The lowest BCUT2D eigenvalue weighted by Crippen LogP contribution is -2.50. The van der Waals surface area contributed by atoms with Crippen LogP contribution in [0.25, 0.3) is 0 Å². The lowest BCUT2D eigenvalue weighted by molar-refractivity contribution is -0.134. The van der Waals surface area contributed by atoms with E-state index >= 15 is 0 Å². The molecule has 148 valence electrons. The van der Waals surface area contributed by atoms with Crippen LogP contribution in [0, 0.1) is 5.92 Å². The Morgan fingerprint density at radius 1 is 1.07 bits per heavy atom. The van der Waals surface area contributed by atoms with Gasteiger partial charge >= 0.3 is 0 Å². The lowest BCUT2D eigenvalue weighted by Gasteiger charge is -2.34. The number of hydrogen-bond acceptors (Lipinski definition) is 3. The van der Waals surface area contributed by atoms with E-state index in [-0.39, 0.29) is 42.3 Å². The molecule has 2 aliphatic heterocycles. The molecule has 1 aromatic rings. The molecule has 3 aliphatic rings. The minimum atomic E-state index is -0.350. The van der Waals surface area contributed by atoms with E-state index < -0.39 is 0 Å². The summed E-state index contributed by atoms with van der Waals surface area (Å²) in [6.45, 7) is 1.31. The standard InChI is InChI=1S/C20H26ClN3O2.ClH/c21-15-7-5-13(6-8-15)19(25)24-17-4-2-1-3-14(17)11-18(24)20(26)23-10-9-16(22)12-23;/h5-8,14,16-18H,1-4,9-12,22H2;1H/t14?,16-,17?,18?;/m1./s1. The number of benzene rings is 1. The highest BCUT2D eigenvalue weighted by atomic mass is 35.5. The van der Waals surface area contributed by atoms with Gasteiger partial charge in [0.25, 0.3) is 5.91 Å². The molecule has 1 saturated carbocycles. The van der Waals surface area contributed by atoms with Crippen LogP contribution in [-0.4, -0.2) is 52.8 Å². The summed E-state index contributed by atoms with van der Waals surface area (Å²) in [6, 6.07) is 6.87. The number of nitrogens with zero attached hydrogens (tertiary/aromatic N) is 2. The van der Waals surface area contributed by atoms with E-state index in [0.29, 0.717) is 29.6 Å². The zero-order valence-corrected chi connectivity index (χ0v) is 16.9. The van der Waals surface area contributed by atoms with Crippen molar-refractivity contribution in [2.45, 2.75) is 56.7 Å². The number of likely N-dealkylation sites (tertiary alicyclic amines) is 2. The highest BCUT2D eigenvalue weighted by Crippen LogP contribution is 2.41. The maximum atomic E-state index is 13.3. The Kier molecular flexibility index (Phi) is 6.34. The molecule has 7 heteroatoms. The Bertz CT molecular complexity index is 697. The molecule has 0 aromatic heterocycles. The molecule has 0 spiro atoms. The Balaban J connectivity index is 0.00000210. The molecule has 3 unspecified atom stereocenters. The van der Waals surface area contributed by atoms with Gasteiger partial charge in [0.05, 0.1) is 0 Å². The fourth-order valence-electron chi connectivity index (χ4n) is 4.91. The van der Waals surface area contributed by atoms with Crippen LogP contribution in [0.5, 0.6) is 0 Å². The van der Waals surface area contributed by atoms with Crippen LogP contribution in [0.2, 0.25) is 5.02 Å². The molecule has 0 radical (unpaired) electrons. The van der Waals surface area contributed by atoms with Crippen molar-refractivity contribution in [2.24, 2.45) is 11.7 Å². The Labute approximate surface area is 171 Å². The second kappa shape index (κ2) is 8.38. The maximum absolute atomic E-state index is 13.3. The molecular weight excluding hydrogens is 385 g/mol. The van der Waals surface area contributed by atoms with Crippen molar-refractivity contribution in [1.29, 1.82) is 0 Å².